The van der Waals surface area contributed by atoms with Gasteiger partial charge in [-0.2, -0.15) is 0 Å². The highest BCUT2D eigenvalue weighted by molar-refractivity contribution is 6.04. The number of nitrogens with zero attached hydrogens (tertiary/aromatic N) is 2. The highest BCUT2D eigenvalue weighted by Crippen LogP contribution is 2.15. The molecule has 0 radical (unpaired) electrons. The molecule has 24 heavy (non-hydrogen) atoms. The summed E-state index contributed by atoms with van der Waals surface area (Å²) in [7, 11) is 1.19. The van der Waals surface area contributed by atoms with Gasteiger partial charge in [0.2, 0.25) is 5.88 Å². The molecule has 0 aliphatic rings. The Balaban J connectivity index is 2.27. The summed E-state index contributed by atoms with van der Waals surface area (Å²) in [5.74, 6) is -3.39. The summed E-state index contributed by atoms with van der Waals surface area (Å²) >= 11 is 0. The fourth-order valence-electron chi connectivity index (χ4n) is 1.85. The van der Waals surface area contributed by atoms with Gasteiger partial charge in [-0.25, -0.2) is 22.5 Å². The molecular weight excluding hydrogens is 334 g/mol. The summed E-state index contributed by atoms with van der Waals surface area (Å²) in [6.07, 6.45) is -1.00. The van der Waals surface area contributed by atoms with Crippen LogP contribution in [-0.2, 0) is 6.54 Å². The predicted molar refractivity (Wildman–Crippen MR) is 75.4 cm³/mol. The van der Waals surface area contributed by atoms with Crippen LogP contribution in [0.4, 0.5) is 23.2 Å². The average Bonchev–Trinajstić information content (AvgIpc) is 2.51. The molecule has 1 N–H and O–H groups in total. The molecule has 128 valence electrons. The lowest BCUT2D eigenvalue weighted by molar-refractivity contribution is 0.102. The first kappa shape index (κ1) is 17.4. The number of hydrogen-bond acceptors (Lipinski definition) is 4. The van der Waals surface area contributed by atoms with E-state index in [9.17, 15) is 27.2 Å². The molecule has 0 fully saturated rings. The molecule has 0 aromatic carbocycles. The molecule has 0 bridgehead atoms. The van der Waals surface area contributed by atoms with E-state index in [-0.39, 0.29) is 17.1 Å². The van der Waals surface area contributed by atoms with Crippen LogP contribution in [0.15, 0.2) is 29.3 Å². The van der Waals surface area contributed by atoms with Gasteiger partial charge in [-0.15, -0.1) is 0 Å². The zero-order chi connectivity index (χ0) is 17.9. The van der Waals surface area contributed by atoms with Crippen LogP contribution < -0.4 is 15.6 Å². The van der Waals surface area contributed by atoms with Crippen LogP contribution in [0.3, 0.4) is 0 Å². The lowest BCUT2D eigenvalue weighted by Crippen LogP contribution is -2.26. The second-order valence-electron chi connectivity index (χ2n) is 4.59. The Labute approximate surface area is 132 Å². The van der Waals surface area contributed by atoms with E-state index in [0.29, 0.717) is 10.6 Å². The third-order valence-electron chi connectivity index (χ3n) is 2.90. The number of aromatic nitrogens is 2. The van der Waals surface area contributed by atoms with Gasteiger partial charge in [0.1, 0.15) is 0 Å². The Kier molecular flexibility index (Phi) is 5.17. The Hall–Kier alpha value is -2.91. The predicted octanol–water partition coefficient (Wildman–Crippen LogP) is 2.05. The maximum atomic E-state index is 13.5. The molecule has 6 nitrogen and oxygen atoms in total. The molecule has 0 atom stereocenters. The number of hydrogen-bond donors (Lipinski definition) is 1. The number of ether oxygens (including phenoxy) is 1. The van der Waals surface area contributed by atoms with Crippen LogP contribution in [-0.4, -0.2) is 29.0 Å². The van der Waals surface area contributed by atoms with Crippen LogP contribution in [0.2, 0.25) is 0 Å². The molecule has 2 heterocycles. The van der Waals surface area contributed by atoms with Gasteiger partial charge in [-0.05, 0) is 6.07 Å². The van der Waals surface area contributed by atoms with Crippen LogP contribution in [0.5, 0.6) is 5.88 Å². The molecule has 0 saturated carbocycles. The molecular formula is C14H11F4N3O3. The van der Waals surface area contributed by atoms with E-state index in [1.54, 1.807) is 0 Å². The van der Waals surface area contributed by atoms with Crippen molar-refractivity contribution in [3.05, 3.63) is 52.1 Å². The summed E-state index contributed by atoms with van der Waals surface area (Å²) in [5.41, 5.74) is -1.69. The zero-order valence-electron chi connectivity index (χ0n) is 12.2. The molecule has 2 aromatic heterocycles. The number of amides is 1. The quantitative estimate of drug-likeness (QED) is 0.842. The van der Waals surface area contributed by atoms with Crippen molar-refractivity contribution in [2.24, 2.45) is 0 Å². The van der Waals surface area contributed by atoms with Crippen LogP contribution in [0.25, 0.3) is 0 Å². The van der Waals surface area contributed by atoms with Crippen molar-refractivity contribution in [1.29, 1.82) is 0 Å². The molecule has 0 saturated heterocycles. The summed E-state index contributed by atoms with van der Waals surface area (Å²) in [6, 6.07) is 1.52. The zero-order valence-corrected chi connectivity index (χ0v) is 12.2. The smallest absolute Gasteiger partial charge is 0.286 e. The maximum absolute atomic E-state index is 13.5. The van der Waals surface area contributed by atoms with Crippen LogP contribution in [0, 0.1) is 11.6 Å². The Morgan fingerprint density at radius 1 is 1.33 bits per heavy atom. The second kappa shape index (κ2) is 7.11. The van der Waals surface area contributed by atoms with Gasteiger partial charge in [-0.1, -0.05) is 0 Å². The minimum Gasteiger partial charge on any atom is -0.479 e. The Morgan fingerprint density at radius 2 is 2.04 bits per heavy atom. The third kappa shape index (κ3) is 3.89. The first-order valence-electron chi connectivity index (χ1n) is 6.51. The Morgan fingerprint density at radius 3 is 2.62 bits per heavy atom. The normalized spacial score (nSPS) is 10.8. The number of nitrogens with one attached hydrogen (secondary N) is 1. The highest BCUT2D eigenvalue weighted by Gasteiger charge is 2.15. The average molecular weight is 345 g/mol. The molecule has 0 aliphatic carbocycles. The molecule has 0 spiro atoms. The topological polar surface area (TPSA) is 73.2 Å². The number of carbonyl (C=O) groups excluding carboxylic acids is 1. The van der Waals surface area contributed by atoms with Crippen LogP contribution >= 0.6 is 0 Å². The largest absolute Gasteiger partial charge is 0.479 e. The van der Waals surface area contributed by atoms with Gasteiger partial charge >= 0.3 is 0 Å². The van der Waals surface area contributed by atoms with E-state index in [1.807, 2.05) is 0 Å². The lowest BCUT2D eigenvalue weighted by Gasteiger charge is -2.10. The van der Waals surface area contributed by atoms with E-state index in [2.05, 4.69) is 15.0 Å². The molecule has 2 aromatic rings. The monoisotopic (exact) mass is 345 g/mol. The second-order valence-corrected chi connectivity index (χ2v) is 4.59. The van der Waals surface area contributed by atoms with Gasteiger partial charge < -0.3 is 14.6 Å². The van der Waals surface area contributed by atoms with Crippen molar-refractivity contribution in [1.82, 2.24) is 9.55 Å². The van der Waals surface area contributed by atoms with Gasteiger partial charge in [0, 0.05) is 18.5 Å². The number of methoxy groups -OCH3 is 1. The molecule has 10 heteroatoms. The third-order valence-corrected chi connectivity index (χ3v) is 2.90. The highest BCUT2D eigenvalue weighted by atomic mass is 19.3. The molecule has 1 amide bonds. The first-order chi connectivity index (χ1) is 11.3. The minimum absolute atomic E-state index is 0.208. The molecule has 2 rings (SSSR count). The number of rotatable bonds is 5. The van der Waals surface area contributed by atoms with Gasteiger partial charge in [0.05, 0.1) is 24.9 Å². The van der Waals surface area contributed by atoms with E-state index in [1.165, 1.54) is 7.11 Å². The summed E-state index contributed by atoms with van der Waals surface area (Å²) in [4.78, 5) is 26.9. The minimum atomic E-state index is -2.88. The summed E-state index contributed by atoms with van der Waals surface area (Å²) < 4.78 is 56.8. The van der Waals surface area contributed by atoms with Crippen molar-refractivity contribution in [2.75, 3.05) is 12.4 Å². The van der Waals surface area contributed by atoms with E-state index in [4.69, 9.17) is 0 Å². The summed E-state index contributed by atoms with van der Waals surface area (Å²) in [5, 5.41) is 2.17. The SMILES string of the molecule is COc1ncc(C(=O)Nc2cc(F)c(=O)n(CC(F)F)c2)cc1F. The first-order valence-corrected chi connectivity index (χ1v) is 6.51. The fourth-order valence-corrected chi connectivity index (χ4v) is 1.85. The number of pyridine rings is 2. The number of anilines is 1. The standard InChI is InChI=1S/C14H11F4N3O3/c1-24-13-9(15)2-7(4-19-13)12(22)20-8-3-10(16)14(23)21(5-8)6-11(17)18/h2-5,11H,6H2,1H3,(H,20,22). The van der Waals surface area contributed by atoms with Crippen molar-refractivity contribution >= 4 is 11.6 Å². The van der Waals surface area contributed by atoms with Crippen molar-refractivity contribution in [2.45, 2.75) is 13.0 Å². The van der Waals surface area contributed by atoms with Gasteiger partial charge in [0.25, 0.3) is 17.9 Å². The molecule has 0 unspecified atom stereocenters. The lowest BCUT2D eigenvalue weighted by atomic mass is 10.2. The van der Waals surface area contributed by atoms with Crippen LogP contribution in [0.1, 0.15) is 10.4 Å². The van der Waals surface area contributed by atoms with Gasteiger partial charge in [-0.3, -0.25) is 9.59 Å². The van der Waals surface area contributed by atoms with Crippen molar-refractivity contribution in [3.63, 3.8) is 0 Å². The fraction of sp³-hybridized carbons (Fsp3) is 0.214. The van der Waals surface area contributed by atoms with E-state index in [0.717, 1.165) is 18.5 Å². The van der Waals surface area contributed by atoms with Crippen molar-refractivity contribution < 1.29 is 27.1 Å². The number of carbonyl (C=O) groups is 1. The number of halogens is 4. The Bertz CT molecular complexity index is 823. The van der Waals surface area contributed by atoms with Crippen molar-refractivity contribution in [3.8, 4) is 5.88 Å². The maximum Gasteiger partial charge on any atom is 0.286 e. The number of alkyl halides is 2. The molecule has 0 aliphatic heterocycles. The van der Waals surface area contributed by atoms with E-state index >= 15 is 0 Å². The summed E-state index contributed by atoms with van der Waals surface area (Å²) in [6.45, 7) is -1.03. The van der Waals surface area contributed by atoms with Gasteiger partial charge in [0.15, 0.2) is 11.6 Å². The van der Waals surface area contributed by atoms with E-state index < -0.39 is 36.1 Å².